The molecule has 0 aliphatic carbocycles. The quantitative estimate of drug-likeness (QED) is 0.795. The molecule has 2 aromatic rings. The third-order valence-corrected chi connectivity index (χ3v) is 3.45. The molecular formula is C13H14N2O4S. The molecule has 0 spiro atoms. The number of ether oxygens (including phenoxy) is 2. The predicted octanol–water partition coefficient (Wildman–Crippen LogP) is 2.27. The van der Waals surface area contributed by atoms with Crippen LogP contribution in [0.1, 0.15) is 0 Å². The third-order valence-electron chi connectivity index (χ3n) is 2.58. The summed E-state index contributed by atoms with van der Waals surface area (Å²) in [4.78, 5) is 17.7. The Labute approximate surface area is 120 Å². The lowest BCUT2D eigenvalue weighted by atomic mass is 10.1. The summed E-state index contributed by atoms with van der Waals surface area (Å²) in [6, 6.07) is 5.44. The second-order valence-electron chi connectivity index (χ2n) is 3.85. The van der Waals surface area contributed by atoms with Gasteiger partial charge in [0.2, 0.25) is 0 Å². The van der Waals surface area contributed by atoms with Gasteiger partial charge < -0.3 is 19.6 Å². The highest BCUT2D eigenvalue weighted by molar-refractivity contribution is 7.99. The fourth-order valence-electron chi connectivity index (χ4n) is 1.67. The van der Waals surface area contributed by atoms with Crippen molar-refractivity contribution >= 4 is 17.7 Å². The summed E-state index contributed by atoms with van der Waals surface area (Å²) in [7, 11) is 3.18. The average Bonchev–Trinajstić information content (AvgIpc) is 2.93. The fourth-order valence-corrected chi connectivity index (χ4v) is 2.24. The first-order valence-corrected chi connectivity index (χ1v) is 6.74. The Balaban J connectivity index is 2.28. The van der Waals surface area contributed by atoms with Crippen LogP contribution in [0.3, 0.4) is 0 Å². The molecule has 2 rings (SSSR count). The zero-order valence-corrected chi connectivity index (χ0v) is 11.9. The van der Waals surface area contributed by atoms with Crippen molar-refractivity contribution in [2.75, 3.05) is 20.0 Å². The highest BCUT2D eigenvalue weighted by atomic mass is 32.2. The number of imidazole rings is 1. The second kappa shape index (κ2) is 6.33. The number of nitrogens with zero attached hydrogens (tertiary/aromatic N) is 1. The van der Waals surface area contributed by atoms with Crippen LogP contribution < -0.4 is 9.47 Å². The molecule has 1 aromatic heterocycles. The minimum Gasteiger partial charge on any atom is -0.497 e. The van der Waals surface area contributed by atoms with Gasteiger partial charge in [0, 0.05) is 5.56 Å². The largest absolute Gasteiger partial charge is 0.497 e. The van der Waals surface area contributed by atoms with Crippen molar-refractivity contribution in [1.29, 1.82) is 0 Å². The molecule has 6 nitrogen and oxygen atoms in total. The summed E-state index contributed by atoms with van der Waals surface area (Å²) in [6.45, 7) is 0. The number of hydrogen-bond donors (Lipinski definition) is 2. The number of methoxy groups -OCH3 is 2. The number of carbonyl (C=O) groups is 1. The normalized spacial score (nSPS) is 10.3. The second-order valence-corrected chi connectivity index (χ2v) is 4.81. The smallest absolute Gasteiger partial charge is 0.313 e. The van der Waals surface area contributed by atoms with Crippen molar-refractivity contribution in [3.63, 3.8) is 0 Å². The van der Waals surface area contributed by atoms with Gasteiger partial charge in [-0.2, -0.15) is 0 Å². The number of aliphatic carboxylic acids is 1. The lowest BCUT2D eigenvalue weighted by Gasteiger charge is -2.08. The molecule has 0 saturated carbocycles. The minimum atomic E-state index is -0.882. The van der Waals surface area contributed by atoms with E-state index in [0.29, 0.717) is 16.7 Å². The number of aromatic nitrogens is 2. The Bertz CT molecular complexity index is 612. The van der Waals surface area contributed by atoms with E-state index in [0.717, 1.165) is 23.0 Å². The molecule has 0 saturated heterocycles. The van der Waals surface area contributed by atoms with Crippen molar-refractivity contribution in [3.8, 4) is 22.8 Å². The van der Waals surface area contributed by atoms with E-state index in [2.05, 4.69) is 9.97 Å². The number of hydrogen-bond acceptors (Lipinski definition) is 5. The van der Waals surface area contributed by atoms with Gasteiger partial charge in [-0.05, 0) is 18.2 Å². The van der Waals surface area contributed by atoms with Gasteiger partial charge >= 0.3 is 5.97 Å². The molecule has 1 aromatic carbocycles. The van der Waals surface area contributed by atoms with E-state index in [9.17, 15) is 4.79 Å². The van der Waals surface area contributed by atoms with Crippen LogP contribution in [0.4, 0.5) is 0 Å². The van der Waals surface area contributed by atoms with Gasteiger partial charge in [0.25, 0.3) is 0 Å². The van der Waals surface area contributed by atoms with Crippen molar-refractivity contribution in [1.82, 2.24) is 9.97 Å². The third kappa shape index (κ3) is 3.24. The van der Waals surface area contributed by atoms with Crippen molar-refractivity contribution in [2.24, 2.45) is 0 Å². The summed E-state index contributed by atoms with van der Waals surface area (Å²) in [6.07, 6.45) is 1.64. The van der Waals surface area contributed by atoms with E-state index >= 15 is 0 Å². The first-order valence-electron chi connectivity index (χ1n) is 5.76. The molecule has 0 radical (unpaired) electrons. The number of benzene rings is 1. The van der Waals surface area contributed by atoms with E-state index in [4.69, 9.17) is 14.6 Å². The van der Waals surface area contributed by atoms with Gasteiger partial charge in [0.1, 0.15) is 11.5 Å². The Morgan fingerprint density at radius 2 is 2.20 bits per heavy atom. The van der Waals surface area contributed by atoms with Gasteiger partial charge in [-0.25, -0.2) is 4.98 Å². The molecule has 0 aliphatic heterocycles. The zero-order valence-electron chi connectivity index (χ0n) is 11.0. The SMILES string of the molecule is COc1ccc(OC)c(-c2cnc(SCC(=O)O)[nH]2)c1. The molecule has 0 atom stereocenters. The van der Waals surface area contributed by atoms with Gasteiger partial charge in [0.15, 0.2) is 5.16 Å². The average molecular weight is 294 g/mol. The number of carboxylic acids is 1. The van der Waals surface area contributed by atoms with Crippen LogP contribution in [0.25, 0.3) is 11.3 Å². The maximum atomic E-state index is 10.5. The topological polar surface area (TPSA) is 84.4 Å². The summed E-state index contributed by atoms with van der Waals surface area (Å²) in [5.41, 5.74) is 1.55. The molecule has 0 bridgehead atoms. The Morgan fingerprint density at radius 1 is 1.40 bits per heavy atom. The summed E-state index contributed by atoms with van der Waals surface area (Å²) in [5, 5.41) is 9.20. The van der Waals surface area contributed by atoms with Gasteiger partial charge in [-0.15, -0.1) is 0 Å². The predicted molar refractivity (Wildman–Crippen MR) is 75.5 cm³/mol. The van der Waals surface area contributed by atoms with Crippen LogP contribution in [-0.2, 0) is 4.79 Å². The van der Waals surface area contributed by atoms with E-state index in [1.807, 2.05) is 6.07 Å². The monoisotopic (exact) mass is 294 g/mol. The maximum Gasteiger partial charge on any atom is 0.313 e. The lowest BCUT2D eigenvalue weighted by molar-refractivity contribution is -0.133. The van der Waals surface area contributed by atoms with E-state index in [-0.39, 0.29) is 5.75 Å². The molecule has 0 aliphatic rings. The number of H-pyrrole nitrogens is 1. The summed E-state index contributed by atoms with van der Waals surface area (Å²) < 4.78 is 10.5. The van der Waals surface area contributed by atoms with E-state index in [1.54, 1.807) is 32.5 Å². The lowest BCUT2D eigenvalue weighted by Crippen LogP contribution is -1.97. The number of carboxylic acid groups (broad SMARTS) is 1. The zero-order chi connectivity index (χ0) is 14.5. The molecule has 7 heteroatoms. The molecule has 106 valence electrons. The highest BCUT2D eigenvalue weighted by Crippen LogP contribution is 2.33. The molecule has 0 fully saturated rings. The van der Waals surface area contributed by atoms with Crippen LogP contribution in [-0.4, -0.2) is 41.0 Å². The molecule has 1 heterocycles. The first-order chi connectivity index (χ1) is 9.63. The van der Waals surface area contributed by atoms with Crippen molar-refractivity contribution in [3.05, 3.63) is 24.4 Å². The van der Waals surface area contributed by atoms with Crippen LogP contribution >= 0.6 is 11.8 Å². The molecule has 20 heavy (non-hydrogen) atoms. The Hall–Kier alpha value is -2.15. The molecule has 0 unspecified atom stereocenters. The van der Waals surface area contributed by atoms with E-state index < -0.39 is 5.97 Å². The Kier molecular flexibility index (Phi) is 4.52. The van der Waals surface area contributed by atoms with E-state index in [1.165, 1.54) is 0 Å². The number of aromatic amines is 1. The van der Waals surface area contributed by atoms with Gasteiger partial charge in [-0.1, -0.05) is 11.8 Å². The van der Waals surface area contributed by atoms with Gasteiger partial charge in [-0.3, -0.25) is 4.79 Å². The van der Waals surface area contributed by atoms with Gasteiger partial charge in [0.05, 0.1) is 31.9 Å². The maximum absolute atomic E-state index is 10.5. The van der Waals surface area contributed by atoms with Crippen LogP contribution in [0, 0.1) is 0 Å². The first kappa shape index (κ1) is 14.3. The minimum absolute atomic E-state index is 0.0395. The van der Waals surface area contributed by atoms with Crippen molar-refractivity contribution < 1.29 is 19.4 Å². The number of rotatable bonds is 6. The standard InChI is InChI=1S/C13H14N2O4S/c1-18-8-3-4-11(19-2)9(5-8)10-6-14-13(15-10)20-7-12(16)17/h3-6H,7H2,1-2H3,(H,14,15)(H,16,17). The molecule has 2 N–H and O–H groups in total. The Morgan fingerprint density at radius 3 is 2.85 bits per heavy atom. The van der Waals surface area contributed by atoms with Crippen LogP contribution in [0.5, 0.6) is 11.5 Å². The number of thioether (sulfide) groups is 1. The number of nitrogens with one attached hydrogen (secondary N) is 1. The summed E-state index contributed by atoms with van der Waals surface area (Å²) >= 11 is 1.13. The van der Waals surface area contributed by atoms with Crippen LogP contribution in [0.2, 0.25) is 0 Å². The summed E-state index contributed by atoms with van der Waals surface area (Å²) in [5.74, 6) is 0.466. The van der Waals surface area contributed by atoms with Crippen LogP contribution in [0.15, 0.2) is 29.6 Å². The highest BCUT2D eigenvalue weighted by Gasteiger charge is 2.11. The van der Waals surface area contributed by atoms with Crippen molar-refractivity contribution in [2.45, 2.75) is 5.16 Å². The molecular weight excluding hydrogens is 280 g/mol. The fraction of sp³-hybridized carbons (Fsp3) is 0.231. The molecule has 0 amide bonds.